The first-order valence-corrected chi connectivity index (χ1v) is 9.89. The third kappa shape index (κ3) is 3.39. The second kappa shape index (κ2) is 7.43. The fraction of sp³-hybridized carbons (Fsp3) is 0.435. The minimum Gasteiger partial charge on any atom is -0.335 e. The maximum absolute atomic E-state index is 14.1. The fourth-order valence-electron chi connectivity index (χ4n) is 4.91. The van der Waals surface area contributed by atoms with E-state index in [1.807, 2.05) is 19.1 Å². The minimum atomic E-state index is -0.132. The molecule has 2 aromatic carbocycles. The molecule has 4 heteroatoms. The summed E-state index contributed by atoms with van der Waals surface area (Å²) in [4.78, 5) is 17.1. The van der Waals surface area contributed by atoms with Gasteiger partial charge in [0.15, 0.2) is 0 Å². The first-order chi connectivity index (χ1) is 13.1. The lowest BCUT2D eigenvalue weighted by Crippen LogP contribution is -2.35. The zero-order valence-corrected chi connectivity index (χ0v) is 16.1. The molecule has 2 fully saturated rings. The summed E-state index contributed by atoms with van der Waals surface area (Å²) in [6.07, 6.45) is 0.542. The van der Waals surface area contributed by atoms with Crippen molar-refractivity contribution in [3.8, 4) is 0 Å². The molecule has 2 heterocycles. The smallest absolute Gasteiger partial charge is 0.222 e. The van der Waals surface area contributed by atoms with Crippen molar-refractivity contribution in [2.24, 2.45) is 11.8 Å². The molecule has 1 amide bonds. The Morgan fingerprint density at radius 1 is 1.07 bits per heavy atom. The van der Waals surface area contributed by atoms with Crippen LogP contribution in [0.25, 0.3) is 0 Å². The first-order valence-electron chi connectivity index (χ1n) is 9.89. The summed E-state index contributed by atoms with van der Waals surface area (Å²) >= 11 is 0. The number of fused-ring (bicyclic) bond motifs is 1. The SMILES string of the molecule is CCC(=O)N1C[C@@H]2CN(Cc3ccccc3F)C[C@@H]2[C@H]1c1ccccc1C. The molecular weight excluding hydrogens is 339 g/mol. The van der Waals surface area contributed by atoms with Gasteiger partial charge in [-0.2, -0.15) is 0 Å². The van der Waals surface area contributed by atoms with E-state index < -0.39 is 0 Å². The van der Waals surface area contributed by atoms with Crippen LogP contribution in [0.15, 0.2) is 48.5 Å². The van der Waals surface area contributed by atoms with E-state index in [2.05, 4.69) is 41.0 Å². The van der Waals surface area contributed by atoms with Gasteiger partial charge in [-0.05, 0) is 30.0 Å². The fourth-order valence-corrected chi connectivity index (χ4v) is 4.91. The van der Waals surface area contributed by atoms with Gasteiger partial charge in [0.1, 0.15) is 5.82 Å². The van der Waals surface area contributed by atoms with Crippen LogP contribution in [-0.4, -0.2) is 35.3 Å². The molecular formula is C23H27FN2O. The number of carbonyl (C=O) groups is 1. The van der Waals surface area contributed by atoms with Gasteiger partial charge in [0.25, 0.3) is 0 Å². The van der Waals surface area contributed by atoms with Crippen molar-refractivity contribution in [3.63, 3.8) is 0 Å². The number of hydrogen-bond acceptors (Lipinski definition) is 2. The van der Waals surface area contributed by atoms with E-state index >= 15 is 0 Å². The van der Waals surface area contributed by atoms with Gasteiger partial charge in [0, 0.05) is 44.1 Å². The van der Waals surface area contributed by atoms with E-state index in [1.54, 1.807) is 6.07 Å². The number of rotatable bonds is 4. The molecule has 4 rings (SSSR count). The molecule has 2 aliphatic rings. The molecule has 142 valence electrons. The topological polar surface area (TPSA) is 23.6 Å². The summed E-state index contributed by atoms with van der Waals surface area (Å²) < 4.78 is 14.1. The molecule has 3 nitrogen and oxygen atoms in total. The average Bonchev–Trinajstić information content (AvgIpc) is 3.21. The lowest BCUT2D eigenvalue weighted by Gasteiger charge is -2.31. The highest BCUT2D eigenvalue weighted by atomic mass is 19.1. The van der Waals surface area contributed by atoms with Gasteiger partial charge in [-0.25, -0.2) is 4.39 Å². The molecule has 0 radical (unpaired) electrons. The van der Waals surface area contributed by atoms with Crippen molar-refractivity contribution in [1.82, 2.24) is 9.80 Å². The number of carbonyl (C=O) groups excluding carboxylic acids is 1. The van der Waals surface area contributed by atoms with Gasteiger partial charge in [-0.1, -0.05) is 49.4 Å². The van der Waals surface area contributed by atoms with Gasteiger partial charge < -0.3 is 4.90 Å². The minimum absolute atomic E-state index is 0.132. The second-order valence-electron chi connectivity index (χ2n) is 7.91. The molecule has 3 atom stereocenters. The Hall–Kier alpha value is -2.20. The zero-order chi connectivity index (χ0) is 19.0. The largest absolute Gasteiger partial charge is 0.335 e. The number of amides is 1. The molecule has 0 N–H and O–H groups in total. The Morgan fingerprint density at radius 3 is 2.56 bits per heavy atom. The maximum Gasteiger partial charge on any atom is 0.222 e. The van der Waals surface area contributed by atoms with Crippen molar-refractivity contribution in [2.75, 3.05) is 19.6 Å². The summed E-state index contributed by atoms with van der Waals surface area (Å²) in [5.41, 5.74) is 3.26. The lowest BCUT2D eigenvalue weighted by atomic mass is 9.87. The van der Waals surface area contributed by atoms with E-state index in [1.165, 1.54) is 17.2 Å². The average molecular weight is 366 g/mol. The molecule has 0 spiro atoms. The van der Waals surface area contributed by atoms with Gasteiger partial charge in [-0.15, -0.1) is 0 Å². The van der Waals surface area contributed by atoms with Crippen LogP contribution in [0.2, 0.25) is 0 Å². The molecule has 2 aromatic rings. The lowest BCUT2D eigenvalue weighted by molar-refractivity contribution is -0.132. The molecule has 2 aliphatic heterocycles. The number of aryl methyl sites for hydroxylation is 1. The monoisotopic (exact) mass is 366 g/mol. The Balaban J connectivity index is 1.58. The van der Waals surface area contributed by atoms with Crippen LogP contribution in [0, 0.1) is 24.6 Å². The highest BCUT2D eigenvalue weighted by Gasteiger charge is 2.48. The molecule has 0 aliphatic carbocycles. The third-order valence-electron chi connectivity index (χ3n) is 6.22. The van der Waals surface area contributed by atoms with Crippen molar-refractivity contribution in [3.05, 3.63) is 71.0 Å². The quantitative estimate of drug-likeness (QED) is 0.811. The number of likely N-dealkylation sites (tertiary alicyclic amines) is 2. The summed E-state index contributed by atoms with van der Waals surface area (Å²) in [5.74, 6) is 0.969. The van der Waals surface area contributed by atoms with E-state index in [0.717, 1.165) is 25.2 Å². The van der Waals surface area contributed by atoms with Crippen LogP contribution < -0.4 is 0 Å². The molecule has 0 bridgehead atoms. The number of halogens is 1. The second-order valence-corrected chi connectivity index (χ2v) is 7.91. The normalized spacial score (nSPS) is 25.0. The van der Waals surface area contributed by atoms with Gasteiger partial charge in [0.2, 0.25) is 5.91 Å². The number of hydrogen-bond donors (Lipinski definition) is 0. The first kappa shape index (κ1) is 18.2. The van der Waals surface area contributed by atoms with Crippen molar-refractivity contribution in [2.45, 2.75) is 32.9 Å². The molecule has 0 unspecified atom stereocenters. The predicted molar refractivity (Wildman–Crippen MR) is 105 cm³/mol. The maximum atomic E-state index is 14.1. The van der Waals surface area contributed by atoms with Crippen molar-refractivity contribution in [1.29, 1.82) is 0 Å². The van der Waals surface area contributed by atoms with Crippen LogP contribution in [0.1, 0.15) is 36.1 Å². The van der Waals surface area contributed by atoms with Crippen LogP contribution in [0.4, 0.5) is 4.39 Å². The van der Waals surface area contributed by atoms with Crippen LogP contribution in [0.5, 0.6) is 0 Å². The molecule has 0 saturated carbocycles. The summed E-state index contributed by atoms with van der Waals surface area (Å²) in [6.45, 7) is 7.35. The Bertz CT molecular complexity index is 837. The molecule has 0 aromatic heterocycles. The van der Waals surface area contributed by atoms with Crippen molar-refractivity contribution >= 4 is 5.91 Å². The number of benzene rings is 2. The summed E-state index contributed by atoms with van der Waals surface area (Å²) in [5, 5.41) is 0. The number of nitrogens with zero attached hydrogens (tertiary/aromatic N) is 2. The van der Waals surface area contributed by atoms with E-state index in [-0.39, 0.29) is 17.8 Å². The van der Waals surface area contributed by atoms with Gasteiger partial charge in [-0.3, -0.25) is 9.69 Å². The van der Waals surface area contributed by atoms with Gasteiger partial charge in [0.05, 0.1) is 6.04 Å². The summed E-state index contributed by atoms with van der Waals surface area (Å²) in [7, 11) is 0. The highest BCUT2D eigenvalue weighted by molar-refractivity contribution is 5.77. The van der Waals surface area contributed by atoms with E-state index in [0.29, 0.717) is 24.8 Å². The Labute approximate surface area is 160 Å². The van der Waals surface area contributed by atoms with Gasteiger partial charge >= 0.3 is 0 Å². The van der Waals surface area contributed by atoms with Crippen LogP contribution in [0.3, 0.4) is 0 Å². The third-order valence-corrected chi connectivity index (χ3v) is 6.22. The molecule has 2 saturated heterocycles. The van der Waals surface area contributed by atoms with Crippen molar-refractivity contribution < 1.29 is 9.18 Å². The van der Waals surface area contributed by atoms with E-state index in [4.69, 9.17) is 0 Å². The van der Waals surface area contributed by atoms with E-state index in [9.17, 15) is 9.18 Å². The Kier molecular flexibility index (Phi) is 5.00. The highest BCUT2D eigenvalue weighted by Crippen LogP contribution is 2.46. The molecule has 27 heavy (non-hydrogen) atoms. The van der Waals surface area contributed by atoms with Crippen LogP contribution in [-0.2, 0) is 11.3 Å². The zero-order valence-electron chi connectivity index (χ0n) is 16.1. The Morgan fingerprint density at radius 2 is 1.81 bits per heavy atom. The predicted octanol–water partition coefficient (Wildman–Crippen LogP) is 4.18. The summed E-state index contributed by atoms with van der Waals surface area (Å²) in [6, 6.07) is 15.6. The standard InChI is InChI=1S/C23H27FN2O/c1-3-22(27)26-14-18-13-25(12-17-9-5-7-11-21(17)24)15-20(18)23(26)19-10-6-4-8-16(19)2/h4-11,18,20,23H,3,12-15H2,1-2H3/t18-,20-,23+/m0/s1. The van der Waals surface area contributed by atoms with Crippen LogP contribution >= 0.6 is 0 Å².